The summed E-state index contributed by atoms with van der Waals surface area (Å²) < 4.78 is 21.5. The lowest BCUT2D eigenvalue weighted by Crippen LogP contribution is -2.35. The number of pyridine rings is 1. The first-order chi connectivity index (χ1) is 22.1. The monoisotopic (exact) mass is 608 g/mol. The molecule has 11 nitrogen and oxygen atoms in total. The van der Waals surface area contributed by atoms with Gasteiger partial charge in [-0.2, -0.15) is 5.10 Å². The zero-order valence-corrected chi connectivity index (χ0v) is 25.0. The minimum Gasteiger partial charge on any atom is -0.478 e. The van der Waals surface area contributed by atoms with Crippen molar-refractivity contribution >= 4 is 27.9 Å². The lowest BCUT2D eigenvalue weighted by atomic mass is 9.93. The van der Waals surface area contributed by atoms with Crippen molar-refractivity contribution in [1.29, 1.82) is 0 Å². The van der Waals surface area contributed by atoms with Gasteiger partial charge in [0, 0.05) is 29.7 Å². The van der Waals surface area contributed by atoms with Gasteiger partial charge in [0.25, 0.3) is 0 Å². The first-order valence-electron chi connectivity index (χ1n) is 15.8. The summed E-state index contributed by atoms with van der Waals surface area (Å²) in [6.45, 7) is 5.90. The normalized spacial score (nSPS) is 19.5. The summed E-state index contributed by atoms with van der Waals surface area (Å²) in [7, 11) is 0. The minimum absolute atomic E-state index is 0.148. The van der Waals surface area contributed by atoms with E-state index in [1.807, 2.05) is 24.4 Å². The molecule has 0 saturated carbocycles. The fourth-order valence-electron chi connectivity index (χ4n) is 6.57. The number of carbonyl (C=O) groups is 1. The van der Waals surface area contributed by atoms with E-state index in [1.54, 1.807) is 12.1 Å². The topological polar surface area (TPSA) is 117 Å². The number of benzene rings is 2. The van der Waals surface area contributed by atoms with Crippen LogP contribution in [0.5, 0.6) is 5.88 Å². The van der Waals surface area contributed by atoms with Crippen LogP contribution in [0.1, 0.15) is 58.7 Å². The number of aromatic carboxylic acids is 1. The highest BCUT2D eigenvalue weighted by molar-refractivity contribution is 5.92. The van der Waals surface area contributed by atoms with E-state index in [-0.39, 0.29) is 11.7 Å². The quantitative estimate of drug-likeness (QED) is 0.239. The molecule has 8 rings (SSSR count). The third kappa shape index (κ3) is 5.67. The van der Waals surface area contributed by atoms with Gasteiger partial charge < -0.3 is 23.9 Å². The molecule has 0 bridgehead atoms. The molecule has 232 valence electrons. The number of hydrogen-bond acceptors (Lipinski definition) is 8. The van der Waals surface area contributed by atoms with Crippen LogP contribution < -0.4 is 4.74 Å². The van der Waals surface area contributed by atoms with Crippen molar-refractivity contribution in [2.24, 2.45) is 0 Å². The number of carboxylic acid groups (broad SMARTS) is 1. The van der Waals surface area contributed by atoms with Crippen LogP contribution in [-0.2, 0) is 29.2 Å². The van der Waals surface area contributed by atoms with Crippen LogP contribution in [0.4, 0.5) is 0 Å². The molecule has 45 heavy (non-hydrogen) atoms. The predicted octanol–water partition coefficient (Wildman–Crippen LogP) is 4.80. The molecule has 1 N–H and O–H groups in total. The first kappa shape index (κ1) is 28.2. The smallest absolute Gasteiger partial charge is 0.335 e. The van der Waals surface area contributed by atoms with E-state index >= 15 is 0 Å². The third-order valence-corrected chi connectivity index (χ3v) is 9.39. The molecular weight excluding hydrogens is 572 g/mol. The van der Waals surface area contributed by atoms with E-state index in [0.29, 0.717) is 50.7 Å². The summed E-state index contributed by atoms with van der Waals surface area (Å²) in [5.41, 5.74) is 5.21. The second-order valence-corrected chi connectivity index (χ2v) is 12.3. The maximum atomic E-state index is 11.6. The molecule has 3 saturated heterocycles. The highest BCUT2D eigenvalue weighted by atomic mass is 16.5. The second kappa shape index (κ2) is 11.9. The van der Waals surface area contributed by atoms with Crippen LogP contribution in [0, 0.1) is 0 Å². The number of rotatable bonds is 10. The van der Waals surface area contributed by atoms with Crippen LogP contribution in [0.2, 0.25) is 0 Å². The maximum absolute atomic E-state index is 11.6. The second-order valence-electron chi connectivity index (χ2n) is 12.3. The molecule has 2 aromatic carbocycles. The van der Waals surface area contributed by atoms with E-state index in [1.165, 1.54) is 0 Å². The van der Waals surface area contributed by atoms with Gasteiger partial charge in [0.1, 0.15) is 12.4 Å². The van der Waals surface area contributed by atoms with E-state index in [0.717, 1.165) is 78.0 Å². The Balaban J connectivity index is 0.913. The van der Waals surface area contributed by atoms with Gasteiger partial charge in [0.05, 0.1) is 66.8 Å². The summed E-state index contributed by atoms with van der Waals surface area (Å²) in [5, 5.41) is 15.2. The van der Waals surface area contributed by atoms with Crippen molar-refractivity contribution in [1.82, 2.24) is 29.2 Å². The Morgan fingerprint density at radius 3 is 2.62 bits per heavy atom. The standard InChI is InChI=1S/C34H36N6O5/c41-34(42)24-6-7-29-31(15-24)39(17-27-10-13-44-27)32(36-29)18-38-11-8-23(9-12-38)28-2-1-3-33(37-28)45-19-22-4-5-25-16-35-40(30(25)14-22)26-20-43-21-26/h1-7,14-16,23,26-27H,8-13,17-21H2,(H,41,42). The Morgan fingerprint density at radius 2 is 1.87 bits per heavy atom. The third-order valence-electron chi connectivity index (χ3n) is 9.39. The Bertz CT molecular complexity index is 1850. The van der Waals surface area contributed by atoms with E-state index in [9.17, 15) is 9.90 Å². The zero-order chi connectivity index (χ0) is 30.3. The number of likely N-dealkylation sites (tertiary alicyclic amines) is 1. The van der Waals surface area contributed by atoms with Crippen molar-refractivity contribution < 1.29 is 24.1 Å². The molecule has 6 heterocycles. The van der Waals surface area contributed by atoms with Crippen molar-refractivity contribution in [3.05, 3.63) is 83.4 Å². The van der Waals surface area contributed by atoms with Crippen LogP contribution >= 0.6 is 0 Å². The number of imidazole rings is 1. The largest absolute Gasteiger partial charge is 0.478 e. The molecule has 3 aliphatic heterocycles. The number of aromatic nitrogens is 5. The average molecular weight is 609 g/mol. The fourth-order valence-corrected chi connectivity index (χ4v) is 6.57. The Kier molecular flexibility index (Phi) is 7.44. The molecule has 5 aromatic rings. The van der Waals surface area contributed by atoms with Crippen molar-refractivity contribution in [3.8, 4) is 5.88 Å². The van der Waals surface area contributed by atoms with Crippen molar-refractivity contribution in [2.45, 2.75) is 57.0 Å². The Labute approximate surface area is 260 Å². The minimum atomic E-state index is -0.930. The summed E-state index contributed by atoms with van der Waals surface area (Å²) in [6.07, 6.45) is 5.06. The van der Waals surface area contributed by atoms with E-state index < -0.39 is 5.97 Å². The molecular formula is C34H36N6O5. The molecule has 3 aromatic heterocycles. The highest BCUT2D eigenvalue weighted by Gasteiger charge is 2.27. The van der Waals surface area contributed by atoms with Gasteiger partial charge >= 0.3 is 5.97 Å². The van der Waals surface area contributed by atoms with E-state index in [4.69, 9.17) is 24.2 Å². The maximum Gasteiger partial charge on any atom is 0.335 e. The van der Waals surface area contributed by atoms with Gasteiger partial charge in [-0.3, -0.25) is 9.58 Å². The molecule has 0 radical (unpaired) electrons. The number of ether oxygens (including phenoxy) is 3. The number of hydrogen-bond donors (Lipinski definition) is 1. The number of fused-ring (bicyclic) bond motifs is 2. The van der Waals surface area contributed by atoms with Crippen LogP contribution in [0.3, 0.4) is 0 Å². The van der Waals surface area contributed by atoms with Gasteiger partial charge in [-0.25, -0.2) is 14.8 Å². The van der Waals surface area contributed by atoms with Gasteiger partial charge in [-0.05, 0) is 68.2 Å². The fraction of sp³-hybridized carbons (Fsp3) is 0.412. The van der Waals surface area contributed by atoms with Gasteiger partial charge in [-0.15, -0.1) is 0 Å². The summed E-state index contributed by atoms with van der Waals surface area (Å²) >= 11 is 0. The average Bonchev–Trinajstić information content (AvgIpc) is 3.57. The summed E-state index contributed by atoms with van der Waals surface area (Å²) in [5.74, 6) is 1.03. The van der Waals surface area contributed by atoms with Gasteiger partial charge in [0.2, 0.25) is 5.88 Å². The molecule has 1 unspecified atom stereocenters. The summed E-state index contributed by atoms with van der Waals surface area (Å²) in [6, 6.07) is 17.9. The molecule has 3 aliphatic rings. The Hall–Kier alpha value is -4.32. The number of piperidine rings is 1. The van der Waals surface area contributed by atoms with Gasteiger partial charge in [-0.1, -0.05) is 18.2 Å². The molecule has 3 fully saturated rings. The molecule has 0 amide bonds. The highest BCUT2D eigenvalue weighted by Crippen LogP contribution is 2.30. The van der Waals surface area contributed by atoms with Crippen molar-refractivity contribution in [2.75, 3.05) is 32.9 Å². The summed E-state index contributed by atoms with van der Waals surface area (Å²) in [4.78, 5) is 23.9. The lowest BCUT2D eigenvalue weighted by molar-refractivity contribution is -0.0592. The lowest BCUT2D eigenvalue weighted by Gasteiger charge is -2.32. The van der Waals surface area contributed by atoms with E-state index in [2.05, 4.69) is 43.5 Å². The molecule has 1 atom stereocenters. The molecule has 0 spiro atoms. The van der Waals surface area contributed by atoms with Crippen LogP contribution in [0.15, 0.2) is 60.8 Å². The van der Waals surface area contributed by atoms with Crippen LogP contribution in [0.25, 0.3) is 21.9 Å². The SMILES string of the molecule is O=C(O)c1ccc2nc(CN3CCC(c4cccc(OCc5ccc6cnn(C7COC7)c6c5)n4)CC3)n(CC3CCO3)c2c1. The first-order valence-corrected chi connectivity index (χ1v) is 15.8. The molecule has 0 aliphatic carbocycles. The van der Waals surface area contributed by atoms with Gasteiger partial charge in [0.15, 0.2) is 0 Å². The van der Waals surface area contributed by atoms with Crippen LogP contribution in [-0.4, -0.2) is 79.3 Å². The van der Waals surface area contributed by atoms with Crippen molar-refractivity contribution in [3.63, 3.8) is 0 Å². The number of carboxylic acids is 1. The predicted molar refractivity (Wildman–Crippen MR) is 166 cm³/mol. The Morgan fingerprint density at radius 1 is 1.00 bits per heavy atom. The molecule has 11 heteroatoms. The zero-order valence-electron chi connectivity index (χ0n) is 25.0. The number of nitrogens with zero attached hydrogens (tertiary/aromatic N) is 6.